The lowest BCUT2D eigenvalue weighted by Gasteiger charge is -2.05. The van der Waals surface area contributed by atoms with Crippen LogP contribution >= 0.6 is 0 Å². The summed E-state index contributed by atoms with van der Waals surface area (Å²) >= 11 is 0. The third-order valence-corrected chi connectivity index (χ3v) is 2.49. The minimum Gasteiger partial charge on any atom is -0.481 e. The molecule has 1 aromatic carbocycles. The van der Waals surface area contributed by atoms with Crippen LogP contribution in [-0.2, 0) is 11.2 Å². The molecule has 1 aromatic heterocycles. The normalized spacial score (nSPS) is 10.3. The molecule has 0 saturated carbocycles. The van der Waals surface area contributed by atoms with E-state index in [-0.39, 0.29) is 6.42 Å². The third-order valence-electron chi connectivity index (χ3n) is 2.49. The Morgan fingerprint density at radius 2 is 2.19 bits per heavy atom. The second kappa shape index (κ2) is 4.23. The van der Waals surface area contributed by atoms with E-state index in [2.05, 4.69) is 0 Å². The smallest absolute Gasteiger partial charge is 0.307 e. The summed E-state index contributed by atoms with van der Waals surface area (Å²) < 4.78 is 5.28. The van der Waals surface area contributed by atoms with Crippen molar-refractivity contribution in [2.75, 3.05) is 0 Å². The predicted molar refractivity (Wildman–Crippen MR) is 60.2 cm³/mol. The molecular formula is C13H12O3. The van der Waals surface area contributed by atoms with Crippen molar-refractivity contribution in [1.82, 2.24) is 0 Å². The number of carboxylic acid groups (broad SMARTS) is 1. The summed E-state index contributed by atoms with van der Waals surface area (Å²) in [4.78, 5) is 10.6. The average Bonchev–Trinajstić information content (AvgIpc) is 2.73. The monoisotopic (exact) mass is 216 g/mol. The van der Waals surface area contributed by atoms with Crippen LogP contribution in [0.25, 0.3) is 11.3 Å². The fourth-order valence-electron chi connectivity index (χ4n) is 1.65. The molecule has 0 unspecified atom stereocenters. The summed E-state index contributed by atoms with van der Waals surface area (Å²) in [6.45, 7) is 1.91. The molecule has 0 spiro atoms. The number of hydrogen-bond acceptors (Lipinski definition) is 2. The van der Waals surface area contributed by atoms with Gasteiger partial charge in [0.25, 0.3) is 0 Å². The van der Waals surface area contributed by atoms with Crippen molar-refractivity contribution in [2.45, 2.75) is 13.3 Å². The maximum Gasteiger partial charge on any atom is 0.307 e. The molecule has 3 heteroatoms. The number of aliphatic carboxylic acids is 1. The van der Waals surface area contributed by atoms with Crippen LogP contribution in [0.3, 0.4) is 0 Å². The van der Waals surface area contributed by atoms with Crippen molar-refractivity contribution >= 4 is 5.97 Å². The van der Waals surface area contributed by atoms with Crippen molar-refractivity contribution < 1.29 is 14.3 Å². The number of rotatable bonds is 3. The molecule has 0 aliphatic carbocycles. The Hall–Kier alpha value is -2.03. The van der Waals surface area contributed by atoms with Crippen LogP contribution in [0.4, 0.5) is 0 Å². The molecule has 2 aromatic rings. The quantitative estimate of drug-likeness (QED) is 0.858. The highest BCUT2D eigenvalue weighted by atomic mass is 16.4. The van der Waals surface area contributed by atoms with Gasteiger partial charge in [0.15, 0.2) is 0 Å². The van der Waals surface area contributed by atoms with Gasteiger partial charge in [-0.3, -0.25) is 4.79 Å². The van der Waals surface area contributed by atoms with Crippen molar-refractivity contribution in [3.63, 3.8) is 0 Å². The molecule has 0 radical (unpaired) electrons. The summed E-state index contributed by atoms with van der Waals surface area (Å²) in [7, 11) is 0. The Labute approximate surface area is 93.3 Å². The number of aryl methyl sites for hydroxylation is 1. The molecule has 16 heavy (non-hydrogen) atoms. The molecule has 1 heterocycles. The van der Waals surface area contributed by atoms with E-state index in [0.717, 1.165) is 22.5 Å². The molecule has 0 aliphatic rings. The molecule has 0 saturated heterocycles. The zero-order chi connectivity index (χ0) is 11.5. The number of furan rings is 1. The van der Waals surface area contributed by atoms with Crippen molar-refractivity contribution in [1.29, 1.82) is 0 Å². The Morgan fingerprint density at radius 3 is 2.75 bits per heavy atom. The van der Waals surface area contributed by atoms with Gasteiger partial charge in [-0.25, -0.2) is 0 Å². The summed E-state index contributed by atoms with van der Waals surface area (Å²) in [5.74, 6) is -0.0150. The summed E-state index contributed by atoms with van der Waals surface area (Å²) in [6.07, 6.45) is 1.68. The van der Waals surface area contributed by atoms with Gasteiger partial charge in [-0.1, -0.05) is 12.1 Å². The third kappa shape index (κ3) is 2.14. The largest absolute Gasteiger partial charge is 0.481 e. The SMILES string of the molecule is Cc1cc(-c2ccco2)ccc1CC(=O)O. The van der Waals surface area contributed by atoms with Gasteiger partial charge in [-0.05, 0) is 36.2 Å². The van der Waals surface area contributed by atoms with Gasteiger partial charge in [0.2, 0.25) is 0 Å². The fourth-order valence-corrected chi connectivity index (χ4v) is 1.65. The Balaban J connectivity index is 2.33. The Kier molecular flexibility index (Phi) is 2.77. The zero-order valence-electron chi connectivity index (χ0n) is 8.93. The van der Waals surface area contributed by atoms with E-state index in [4.69, 9.17) is 9.52 Å². The lowest BCUT2D eigenvalue weighted by molar-refractivity contribution is -0.136. The molecule has 0 amide bonds. The van der Waals surface area contributed by atoms with E-state index in [1.165, 1.54) is 0 Å². The van der Waals surface area contributed by atoms with Crippen LogP contribution in [-0.4, -0.2) is 11.1 Å². The highest BCUT2D eigenvalue weighted by molar-refractivity contribution is 5.71. The average molecular weight is 216 g/mol. The molecule has 0 fully saturated rings. The molecule has 1 N–H and O–H groups in total. The molecular weight excluding hydrogens is 204 g/mol. The van der Waals surface area contributed by atoms with E-state index >= 15 is 0 Å². The van der Waals surface area contributed by atoms with Crippen LogP contribution in [0, 0.1) is 6.92 Å². The number of benzene rings is 1. The standard InChI is InChI=1S/C13H12O3/c1-9-7-11(12-3-2-6-16-12)5-4-10(9)8-13(14)15/h2-7H,8H2,1H3,(H,14,15). The summed E-state index contributed by atoms with van der Waals surface area (Å²) in [5, 5.41) is 8.73. The van der Waals surface area contributed by atoms with Crippen molar-refractivity contribution in [3.05, 3.63) is 47.7 Å². The maximum atomic E-state index is 10.6. The summed E-state index contributed by atoms with van der Waals surface area (Å²) in [6, 6.07) is 9.37. The van der Waals surface area contributed by atoms with Gasteiger partial charge < -0.3 is 9.52 Å². The van der Waals surface area contributed by atoms with Gasteiger partial charge >= 0.3 is 5.97 Å². The van der Waals surface area contributed by atoms with Crippen LogP contribution in [0.15, 0.2) is 41.0 Å². The maximum absolute atomic E-state index is 10.6. The first kappa shape index (κ1) is 10.5. The highest BCUT2D eigenvalue weighted by Crippen LogP contribution is 2.22. The number of carboxylic acids is 1. The molecule has 82 valence electrons. The van der Waals surface area contributed by atoms with Crippen LogP contribution in [0.1, 0.15) is 11.1 Å². The van der Waals surface area contributed by atoms with E-state index < -0.39 is 5.97 Å². The van der Waals surface area contributed by atoms with E-state index in [1.807, 2.05) is 37.3 Å². The van der Waals surface area contributed by atoms with E-state index in [0.29, 0.717) is 0 Å². The molecule has 2 rings (SSSR count). The zero-order valence-corrected chi connectivity index (χ0v) is 8.93. The molecule has 0 bridgehead atoms. The van der Waals surface area contributed by atoms with E-state index in [1.54, 1.807) is 6.26 Å². The summed E-state index contributed by atoms with van der Waals surface area (Å²) in [5.41, 5.74) is 2.77. The minimum absolute atomic E-state index is 0.0598. The van der Waals surface area contributed by atoms with Crippen molar-refractivity contribution in [2.24, 2.45) is 0 Å². The van der Waals surface area contributed by atoms with Gasteiger partial charge in [-0.15, -0.1) is 0 Å². The first-order valence-electron chi connectivity index (χ1n) is 5.02. The molecule has 3 nitrogen and oxygen atoms in total. The van der Waals surface area contributed by atoms with Crippen molar-refractivity contribution in [3.8, 4) is 11.3 Å². The predicted octanol–water partition coefficient (Wildman–Crippen LogP) is 2.88. The first-order valence-corrected chi connectivity index (χ1v) is 5.02. The van der Waals surface area contributed by atoms with Crippen LogP contribution in [0.2, 0.25) is 0 Å². The van der Waals surface area contributed by atoms with Gasteiger partial charge in [0, 0.05) is 5.56 Å². The van der Waals surface area contributed by atoms with Gasteiger partial charge in [0.1, 0.15) is 5.76 Å². The lowest BCUT2D eigenvalue weighted by Crippen LogP contribution is -2.01. The minimum atomic E-state index is -0.811. The van der Waals surface area contributed by atoms with Gasteiger partial charge in [-0.2, -0.15) is 0 Å². The van der Waals surface area contributed by atoms with E-state index in [9.17, 15) is 4.79 Å². The highest BCUT2D eigenvalue weighted by Gasteiger charge is 2.06. The lowest BCUT2D eigenvalue weighted by atomic mass is 10.0. The van der Waals surface area contributed by atoms with Crippen LogP contribution in [0.5, 0.6) is 0 Å². The van der Waals surface area contributed by atoms with Crippen LogP contribution < -0.4 is 0 Å². The second-order valence-electron chi connectivity index (χ2n) is 3.69. The first-order chi connectivity index (χ1) is 7.66. The number of hydrogen-bond donors (Lipinski definition) is 1. The topological polar surface area (TPSA) is 50.4 Å². The van der Waals surface area contributed by atoms with Gasteiger partial charge in [0.05, 0.1) is 12.7 Å². The fraction of sp³-hybridized carbons (Fsp3) is 0.154. The Bertz CT molecular complexity index is 498. The molecule has 0 aliphatic heterocycles. The second-order valence-corrected chi connectivity index (χ2v) is 3.69. The Morgan fingerprint density at radius 1 is 1.38 bits per heavy atom. The molecule has 0 atom stereocenters. The number of carbonyl (C=O) groups is 1.